The number of amides is 1. The average molecular weight is 284 g/mol. The molecule has 0 fully saturated rings. The minimum atomic E-state index is -1.05. The molecule has 2 N–H and O–H groups in total. The Kier molecular flexibility index (Phi) is 3.06. The van der Waals surface area contributed by atoms with Gasteiger partial charge in [-0.1, -0.05) is 6.07 Å². The number of carbonyl (C=O) groups excluding carboxylic acids is 1. The van der Waals surface area contributed by atoms with Gasteiger partial charge in [-0.15, -0.1) is 0 Å². The number of anilines is 1. The van der Waals surface area contributed by atoms with Gasteiger partial charge in [0.1, 0.15) is 5.56 Å². The number of rotatable bonds is 2. The minimum absolute atomic E-state index is 0.0473. The van der Waals surface area contributed by atoms with Crippen LogP contribution < -0.4 is 10.3 Å². The van der Waals surface area contributed by atoms with Gasteiger partial charge in [0.15, 0.2) is 5.43 Å². The van der Waals surface area contributed by atoms with Crippen LogP contribution in [0, 0.1) is 0 Å². The number of benzene rings is 1. The maximum Gasteiger partial charge on any atom is 0.335 e. The second-order valence-electron chi connectivity index (χ2n) is 4.78. The van der Waals surface area contributed by atoms with Gasteiger partial charge in [-0.25, -0.2) is 4.79 Å². The zero-order valence-corrected chi connectivity index (χ0v) is 11.0. The molecule has 0 saturated carbocycles. The topological polar surface area (TPSA) is 90.5 Å². The summed E-state index contributed by atoms with van der Waals surface area (Å²) in [4.78, 5) is 39.4. The zero-order chi connectivity index (χ0) is 15.0. The first-order valence-electron chi connectivity index (χ1n) is 6.43. The lowest BCUT2D eigenvalue weighted by Crippen LogP contribution is -2.32. The molecule has 1 amide bonds. The number of carbonyl (C=O) groups is 2. The standard InChI is InChI=1S/C15H12N2O4/c18-13-3-5-16-8-11(13)14(19)17-6-4-9-1-2-10(15(20)21)7-12(9)17/h1-3,5,7-8H,4,6H2,(H,16,18)(H,20,21). The first-order valence-corrected chi connectivity index (χ1v) is 6.43. The van der Waals surface area contributed by atoms with Gasteiger partial charge < -0.3 is 15.0 Å². The van der Waals surface area contributed by atoms with Crippen molar-refractivity contribution in [2.45, 2.75) is 6.42 Å². The summed E-state index contributed by atoms with van der Waals surface area (Å²) in [7, 11) is 0. The number of H-pyrrole nitrogens is 1. The fourth-order valence-electron chi connectivity index (χ4n) is 2.45. The van der Waals surface area contributed by atoms with Crippen molar-refractivity contribution in [1.82, 2.24) is 4.98 Å². The van der Waals surface area contributed by atoms with E-state index in [-0.39, 0.29) is 16.6 Å². The molecule has 2 aromatic rings. The number of nitrogens with zero attached hydrogens (tertiary/aromatic N) is 1. The van der Waals surface area contributed by atoms with Gasteiger partial charge in [0.05, 0.1) is 5.56 Å². The molecule has 21 heavy (non-hydrogen) atoms. The van der Waals surface area contributed by atoms with Gasteiger partial charge >= 0.3 is 5.97 Å². The summed E-state index contributed by atoms with van der Waals surface area (Å²) in [5.41, 5.74) is 1.27. The number of aromatic carboxylic acids is 1. The molecular formula is C15H12N2O4. The Balaban J connectivity index is 2.03. The number of aromatic amines is 1. The largest absolute Gasteiger partial charge is 0.478 e. The van der Waals surface area contributed by atoms with Gasteiger partial charge in [0.25, 0.3) is 5.91 Å². The number of nitrogens with one attached hydrogen (secondary N) is 1. The average Bonchev–Trinajstić information content (AvgIpc) is 2.90. The van der Waals surface area contributed by atoms with Crippen LogP contribution in [0.25, 0.3) is 0 Å². The Labute approximate surface area is 119 Å². The van der Waals surface area contributed by atoms with E-state index in [1.54, 1.807) is 6.07 Å². The molecule has 0 spiro atoms. The van der Waals surface area contributed by atoms with Crippen LogP contribution in [0.3, 0.4) is 0 Å². The van der Waals surface area contributed by atoms with Crippen LogP contribution in [-0.4, -0.2) is 28.5 Å². The van der Waals surface area contributed by atoms with Crippen LogP contribution in [0.1, 0.15) is 26.3 Å². The summed E-state index contributed by atoms with van der Waals surface area (Å²) in [6.45, 7) is 0.436. The number of hydrogen-bond donors (Lipinski definition) is 2. The highest BCUT2D eigenvalue weighted by Gasteiger charge is 2.27. The summed E-state index contributed by atoms with van der Waals surface area (Å²) in [6.07, 6.45) is 3.47. The van der Waals surface area contributed by atoms with Gasteiger partial charge in [0, 0.05) is 30.7 Å². The van der Waals surface area contributed by atoms with Crippen LogP contribution in [0.15, 0.2) is 41.5 Å². The molecule has 106 valence electrons. The quantitative estimate of drug-likeness (QED) is 0.869. The molecule has 1 aliphatic heterocycles. The molecule has 0 saturated heterocycles. The van der Waals surface area contributed by atoms with E-state index in [1.807, 2.05) is 0 Å². The molecule has 1 aromatic carbocycles. The minimum Gasteiger partial charge on any atom is -0.478 e. The van der Waals surface area contributed by atoms with Crippen molar-refractivity contribution < 1.29 is 14.7 Å². The van der Waals surface area contributed by atoms with E-state index in [0.717, 1.165) is 5.56 Å². The molecule has 2 heterocycles. The van der Waals surface area contributed by atoms with Crippen molar-refractivity contribution in [3.63, 3.8) is 0 Å². The molecule has 1 aromatic heterocycles. The normalized spacial score (nSPS) is 13.0. The van der Waals surface area contributed by atoms with Gasteiger partial charge in [-0.05, 0) is 24.1 Å². The third-order valence-corrected chi connectivity index (χ3v) is 3.53. The fraction of sp³-hybridized carbons (Fsp3) is 0.133. The van der Waals surface area contributed by atoms with E-state index in [0.29, 0.717) is 18.7 Å². The number of carboxylic acid groups (broad SMARTS) is 1. The maximum absolute atomic E-state index is 12.5. The first-order chi connectivity index (χ1) is 10.1. The molecular weight excluding hydrogens is 272 g/mol. The predicted molar refractivity (Wildman–Crippen MR) is 75.8 cm³/mol. The number of hydrogen-bond acceptors (Lipinski definition) is 3. The second kappa shape index (κ2) is 4.90. The summed E-state index contributed by atoms with van der Waals surface area (Å²) >= 11 is 0. The molecule has 6 heteroatoms. The Morgan fingerprint density at radius 2 is 2.05 bits per heavy atom. The molecule has 0 radical (unpaired) electrons. The molecule has 3 rings (SSSR count). The molecule has 0 atom stereocenters. The van der Waals surface area contributed by atoms with Crippen molar-refractivity contribution in [3.05, 3.63) is 63.6 Å². The Morgan fingerprint density at radius 1 is 1.24 bits per heavy atom. The van der Waals surface area contributed by atoms with Crippen LogP contribution in [0.2, 0.25) is 0 Å². The van der Waals surface area contributed by atoms with E-state index in [4.69, 9.17) is 5.11 Å². The highest BCUT2D eigenvalue weighted by molar-refractivity contribution is 6.07. The van der Waals surface area contributed by atoms with Crippen LogP contribution in [-0.2, 0) is 6.42 Å². The van der Waals surface area contributed by atoms with E-state index >= 15 is 0 Å². The Hall–Kier alpha value is -2.89. The summed E-state index contributed by atoms with van der Waals surface area (Å²) in [6, 6.07) is 5.99. The van der Waals surface area contributed by atoms with E-state index in [2.05, 4.69) is 4.98 Å². The monoisotopic (exact) mass is 284 g/mol. The molecule has 1 aliphatic rings. The lowest BCUT2D eigenvalue weighted by molar-refractivity contribution is 0.0696. The van der Waals surface area contributed by atoms with Crippen LogP contribution >= 0.6 is 0 Å². The number of fused-ring (bicyclic) bond motifs is 1. The van der Waals surface area contributed by atoms with Crippen LogP contribution in [0.4, 0.5) is 5.69 Å². The maximum atomic E-state index is 12.5. The fourth-order valence-corrected chi connectivity index (χ4v) is 2.45. The molecule has 0 bridgehead atoms. The second-order valence-corrected chi connectivity index (χ2v) is 4.78. The lowest BCUT2D eigenvalue weighted by Gasteiger charge is -2.17. The lowest BCUT2D eigenvalue weighted by atomic mass is 10.1. The zero-order valence-electron chi connectivity index (χ0n) is 11.0. The Bertz CT molecular complexity index is 794. The van der Waals surface area contributed by atoms with Crippen molar-refractivity contribution in [1.29, 1.82) is 0 Å². The SMILES string of the molecule is O=C(O)c1ccc2c(c1)N(C(=O)c1c[nH]ccc1=O)CC2. The van der Waals surface area contributed by atoms with Gasteiger partial charge in [-0.3, -0.25) is 9.59 Å². The van der Waals surface area contributed by atoms with E-state index in [1.165, 1.54) is 35.5 Å². The first kappa shape index (κ1) is 13.1. The van der Waals surface area contributed by atoms with E-state index < -0.39 is 11.9 Å². The van der Waals surface area contributed by atoms with Crippen molar-refractivity contribution in [2.24, 2.45) is 0 Å². The number of carboxylic acids is 1. The highest BCUT2D eigenvalue weighted by Crippen LogP contribution is 2.30. The van der Waals surface area contributed by atoms with Crippen molar-refractivity contribution >= 4 is 17.6 Å². The van der Waals surface area contributed by atoms with Gasteiger partial charge in [-0.2, -0.15) is 0 Å². The van der Waals surface area contributed by atoms with Gasteiger partial charge in [0.2, 0.25) is 0 Å². The molecule has 6 nitrogen and oxygen atoms in total. The number of pyridine rings is 1. The van der Waals surface area contributed by atoms with Crippen molar-refractivity contribution in [3.8, 4) is 0 Å². The third-order valence-electron chi connectivity index (χ3n) is 3.53. The molecule has 0 aliphatic carbocycles. The predicted octanol–water partition coefficient (Wildman–Crippen LogP) is 1.28. The molecule has 0 unspecified atom stereocenters. The Morgan fingerprint density at radius 3 is 2.76 bits per heavy atom. The van der Waals surface area contributed by atoms with Crippen LogP contribution in [0.5, 0.6) is 0 Å². The van der Waals surface area contributed by atoms with Crippen molar-refractivity contribution in [2.75, 3.05) is 11.4 Å². The third kappa shape index (κ3) is 2.20. The van der Waals surface area contributed by atoms with E-state index in [9.17, 15) is 14.4 Å². The summed E-state index contributed by atoms with van der Waals surface area (Å²) in [5.74, 6) is -1.47. The summed E-state index contributed by atoms with van der Waals surface area (Å²) < 4.78 is 0. The highest BCUT2D eigenvalue weighted by atomic mass is 16.4. The summed E-state index contributed by atoms with van der Waals surface area (Å²) in [5, 5.41) is 9.04. The smallest absolute Gasteiger partial charge is 0.335 e. The number of aromatic nitrogens is 1.